The Hall–Kier alpha value is -2.01. The fourth-order valence-corrected chi connectivity index (χ4v) is 2.97. The third-order valence-electron chi connectivity index (χ3n) is 4.10. The highest BCUT2D eigenvalue weighted by atomic mass is 19.1. The van der Waals surface area contributed by atoms with Gasteiger partial charge in [0.2, 0.25) is 0 Å². The predicted molar refractivity (Wildman–Crippen MR) is 81.2 cm³/mol. The number of nitrogen functional groups attached to an aromatic ring is 1. The zero-order chi connectivity index (χ0) is 14.8. The number of halogens is 1. The van der Waals surface area contributed by atoms with Gasteiger partial charge in [0.15, 0.2) is 5.82 Å². The van der Waals surface area contributed by atoms with Crippen molar-refractivity contribution in [2.24, 2.45) is 5.84 Å². The molecular weight excluding hydrogens is 267 g/mol. The Morgan fingerprint density at radius 1 is 1.19 bits per heavy atom. The number of hydrogen-bond acceptors (Lipinski definition) is 4. The Labute approximate surface area is 123 Å². The Morgan fingerprint density at radius 3 is 2.62 bits per heavy atom. The van der Waals surface area contributed by atoms with E-state index in [1.807, 2.05) is 13.0 Å². The van der Waals surface area contributed by atoms with Crippen molar-refractivity contribution in [2.45, 2.75) is 38.5 Å². The first-order chi connectivity index (χ1) is 10.2. The summed E-state index contributed by atoms with van der Waals surface area (Å²) in [7, 11) is 0. The van der Waals surface area contributed by atoms with Crippen molar-refractivity contribution in [1.82, 2.24) is 9.97 Å². The summed E-state index contributed by atoms with van der Waals surface area (Å²) in [5, 5.41) is 0. The van der Waals surface area contributed by atoms with E-state index in [1.165, 1.54) is 25.0 Å². The summed E-state index contributed by atoms with van der Waals surface area (Å²) in [5.74, 6) is 6.95. The first-order valence-electron chi connectivity index (χ1n) is 7.29. The molecule has 1 aromatic heterocycles. The molecule has 1 heterocycles. The lowest BCUT2D eigenvalue weighted by atomic mass is 10.0. The third-order valence-corrected chi connectivity index (χ3v) is 4.10. The van der Waals surface area contributed by atoms with Gasteiger partial charge in [-0.2, -0.15) is 0 Å². The second kappa shape index (κ2) is 5.77. The Kier molecular flexibility index (Phi) is 3.84. The normalized spacial score (nSPS) is 15.4. The van der Waals surface area contributed by atoms with E-state index in [0.717, 1.165) is 29.7 Å². The number of hydrazine groups is 1. The molecule has 0 aliphatic heterocycles. The summed E-state index contributed by atoms with van der Waals surface area (Å²) in [6.07, 6.45) is 4.79. The van der Waals surface area contributed by atoms with Gasteiger partial charge in [0.1, 0.15) is 11.6 Å². The number of rotatable bonds is 3. The second-order valence-corrected chi connectivity index (χ2v) is 5.59. The summed E-state index contributed by atoms with van der Waals surface area (Å²) in [6, 6.07) is 6.57. The number of nitrogens with zero attached hydrogens (tertiary/aromatic N) is 2. The van der Waals surface area contributed by atoms with Gasteiger partial charge in [0, 0.05) is 23.2 Å². The van der Waals surface area contributed by atoms with Crippen LogP contribution in [0.15, 0.2) is 24.3 Å². The predicted octanol–water partition coefficient (Wildman–Crippen LogP) is 3.53. The molecule has 0 amide bonds. The molecule has 1 saturated carbocycles. The smallest absolute Gasteiger partial charge is 0.162 e. The summed E-state index contributed by atoms with van der Waals surface area (Å²) in [4.78, 5) is 9.11. The highest BCUT2D eigenvalue weighted by molar-refractivity contribution is 5.61. The van der Waals surface area contributed by atoms with Gasteiger partial charge in [0.05, 0.1) is 0 Å². The number of nitrogens with one attached hydrogen (secondary N) is 1. The fraction of sp³-hybridized carbons (Fsp3) is 0.375. The summed E-state index contributed by atoms with van der Waals surface area (Å²) >= 11 is 0. The van der Waals surface area contributed by atoms with Crippen molar-refractivity contribution in [3.8, 4) is 11.4 Å². The minimum atomic E-state index is -0.250. The molecular formula is C16H19FN4. The van der Waals surface area contributed by atoms with E-state index in [2.05, 4.69) is 10.4 Å². The average molecular weight is 286 g/mol. The van der Waals surface area contributed by atoms with Crippen molar-refractivity contribution in [3.63, 3.8) is 0 Å². The van der Waals surface area contributed by atoms with Crippen LogP contribution in [0.5, 0.6) is 0 Å². The molecule has 0 bridgehead atoms. The monoisotopic (exact) mass is 286 g/mol. The van der Waals surface area contributed by atoms with Crippen LogP contribution >= 0.6 is 0 Å². The number of benzene rings is 1. The van der Waals surface area contributed by atoms with E-state index in [1.54, 1.807) is 6.07 Å². The largest absolute Gasteiger partial charge is 0.308 e. The number of aryl methyl sites for hydroxylation is 1. The van der Waals surface area contributed by atoms with Crippen LogP contribution in [0.1, 0.15) is 42.9 Å². The van der Waals surface area contributed by atoms with Crippen molar-refractivity contribution < 1.29 is 4.39 Å². The topological polar surface area (TPSA) is 63.8 Å². The van der Waals surface area contributed by atoms with Crippen LogP contribution in [-0.2, 0) is 0 Å². The molecule has 0 saturated heterocycles. The first-order valence-corrected chi connectivity index (χ1v) is 7.29. The van der Waals surface area contributed by atoms with E-state index < -0.39 is 0 Å². The van der Waals surface area contributed by atoms with Crippen molar-refractivity contribution in [1.29, 1.82) is 0 Å². The quantitative estimate of drug-likeness (QED) is 0.669. The van der Waals surface area contributed by atoms with E-state index >= 15 is 0 Å². The molecule has 0 atom stereocenters. The highest BCUT2D eigenvalue weighted by Gasteiger charge is 2.20. The summed E-state index contributed by atoms with van der Waals surface area (Å²) < 4.78 is 13.3. The van der Waals surface area contributed by atoms with Gasteiger partial charge >= 0.3 is 0 Å². The summed E-state index contributed by atoms with van der Waals surface area (Å²) in [5.41, 5.74) is 5.29. The van der Waals surface area contributed by atoms with Crippen LogP contribution in [0.4, 0.5) is 10.2 Å². The third kappa shape index (κ3) is 2.88. The van der Waals surface area contributed by atoms with Crippen LogP contribution in [-0.4, -0.2) is 9.97 Å². The molecule has 0 spiro atoms. The van der Waals surface area contributed by atoms with Gasteiger partial charge in [-0.25, -0.2) is 20.2 Å². The molecule has 1 aromatic carbocycles. The van der Waals surface area contributed by atoms with Crippen molar-refractivity contribution >= 4 is 5.82 Å². The summed E-state index contributed by atoms with van der Waals surface area (Å²) in [6.45, 7) is 1.86. The minimum absolute atomic E-state index is 0.250. The van der Waals surface area contributed by atoms with Gasteiger partial charge < -0.3 is 5.43 Å². The fourth-order valence-electron chi connectivity index (χ4n) is 2.97. The van der Waals surface area contributed by atoms with Gasteiger partial charge in [-0.15, -0.1) is 0 Å². The maximum atomic E-state index is 13.3. The molecule has 0 unspecified atom stereocenters. The molecule has 0 radical (unpaired) electrons. The molecule has 21 heavy (non-hydrogen) atoms. The van der Waals surface area contributed by atoms with Gasteiger partial charge in [-0.05, 0) is 43.5 Å². The Bertz CT molecular complexity index is 651. The van der Waals surface area contributed by atoms with E-state index in [9.17, 15) is 4.39 Å². The molecule has 4 nitrogen and oxygen atoms in total. The van der Waals surface area contributed by atoms with Crippen LogP contribution in [0.25, 0.3) is 11.4 Å². The molecule has 3 N–H and O–H groups in total. The molecule has 1 aliphatic carbocycles. The lowest BCUT2D eigenvalue weighted by Gasteiger charge is -2.13. The number of aromatic nitrogens is 2. The molecule has 1 aliphatic rings. The number of nitrogens with two attached hydrogens (primary N) is 1. The molecule has 2 aromatic rings. The van der Waals surface area contributed by atoms with Crippen molar-refractivity contribution in [3.05, 3.63) is 41.3 Å². The van der Waals surface area contributed by atoms with E-state index in [0.29, 0.717) is 17.6 Å². The maximum absolute atomic E-state index is 13.3. The lowest BCUT2D eigenvalue weighted by Crippen LogP contribution is -2.11. The van der Waals surface area contributed by atoms with Crippen LogP contribution in [0.3, 0.4) is 0 Å². The zero-order valence-electron chi connectivity index (χ0n) is 12.1. The van der Waals surface area contributed by atoms with Crippen LogP contribution < -0.4 is 11.3 Å². The number of anilines is 1. The SMILES string of the molecule is Cc1cc(F)ccc1-c1nc(NN)cc(C2CCCC2)n1. The van der Waals surface area contributed by atoms with Crippen LogP contribution in [0.2, 0.25) is 0 Å². The Morgan fingerprint density at radius 2 is 1.95 bits per heavy atom. The maximum Gasteiger partial charge on any atom is 0.162 e. The Balaban J connectivity index is 2.06. The lowest BCUT2D eigenvalue weighted by molar-refractivity contribution is 0.627. The van der Waals surface area contributed by atoms with Crippen LogP contribution in [0, 0.1) is 12.7 Å². The molecule has 5 heteroatoms. The average Bonchev–Trinajstić information content (AvgIpc) is 3.01. The first kappa shape index (κ1) is 13.9. The zero-order valence-corrected chi connectivity index (χ0v) is 12.1. The molecule has 3 rings (SSSR count). The van der Waals surface area contributed by atoms with Crippen molar-refractivity contribution in [2.75, 3.05) is 5.43 Å². The molecule has 1 fully saturated rings. The van der Waals surface area contributed by atoms with Gasteiger partial charge in [0.25, 0.3) is 0 Å². The van der Waals surface area contributed by atoms with E-state index in [4.69, 9.17) is 10.8 Å². The van der Waals surface area contributed by atoms with Gasteiger partial charge in [-0.1, -0.05) is 12.8 Å². The minimum Gasteiger partial charge on any atom is -0.308 e. The highest BCUT2D eigenvalue weighted by Crippen LogP contribution is 2.34. The van der Waals surface area contributed by atoms with Gasteiger partial charge in [-0.3, -0.25) is 0 Å². The standard InChI is InChI=1S/C16H19FN4/c1-10-8-12(17)6-7-13(10)16-19-14(9-15(20-16)21-18)11-4-2-3-5-11/h6-9,11H,2-5,18H2,1H3,(H,19,20,21). The second-order valence-electron chi connectivity index (χ2n) is 5.59. The van der Waals surface area contributed by atoms with E-state index in [-0.39, 0.29) is 5.82 Å². The molecule has 110 valence electrons. The number of hydrogen-bond donors (Lipinski definition) is 2.